The Morgan fingerprint density at radius 1 is 1.22 bits per heavy atom. The Morgan fingerprint density at radius 3 is 2.78 bits per heavy atom. The molecule has 194 valence electrons. The fourth-order valence-corrected chi connectivity index (χ4v) is 9.90. The SMILES string of the molecule is CC12C=CC(=O)C=C1CCC1C2C(O)CC2(C)C1CC[C@]2(O)C(=O)CSc1nc(-c2ccccc2)cs1. The number of aromatic nitrogens is 1. The highest BCUT2D eigenvalue weighted by molar-refractivity contribution is 8.01. The van der Waals surface area contributed by atoms with E-state index in [4.69, 9.17) is 0 Å². The van der Waals surface area contributed by atoms with Crippen molar-refractivity contribution in [1.82, 2.24) is 4.98 Å². The van der Waals surface area contributed by atoms with Gasteiger partial charge < -0.3 is 10.2 Å². The topological polar surface area (TPSA) is 87.5 Å². The molecule has 7 heteroatoms. The quantitative estimate of drug-likeness (QED) is 0.493. The Balaban J connectivity index is 1.20. The molecule has 4 aliphatic carbocycles. The van der Waals surface area contributed by atoms with Crippen molar-refractivity contribution in [3.8, 4) is 11.3 Å². The largest absolute Gasteiger partial charge is 0.393 e. The molecule has 0 radical (unpaired) electrons. The van der Waals surface area contributed by atoms with Crippen molar-refractivity contribution >= 4 is 34.7 Å². The van der Waals surface area contributed by atoms with Crippen LogP contribution in [0.5, 0.6) is 0 Å². The van der Waals surface area contributed by atoms with Crippen LogP contribution in [0, 0.1) is 28.6 Å². The predicted molar refractivity (Wildman–Crippen MR) is 146 cm³/mol. The number of Topliss-reactive ketones (excluding diaryl/α,β-unsaturated/α-hetero) is 1. The van der Waals surface area contributed by atoms with Gasteiger partial charge >= 0.3 is 0 Å². The van der Waals surface area contributed by atoms with Crippen LogP contribution in [0.15, 0.2) is 63.9 Å². The van der Waals surface area contributed by atoms with Crippen LogP contribution in [0.1, 0.15) is 46.0 Å². The van der Waals surface area contributed by atoms with Crippen molar-refractivity contribution < 1.29 is 19.8 Å². The lowest BCUT2D eigenvalue weighted by Gasteiger charge is -2.59. The fourth-order valence-electron chi connectivity index (χ4n) is 8.10. The predicted octanol–water partition coefficient (Wildman–Crippen LogP) is 5.48. The van der Waals surface area contributed by atoms with Crippen LogP contribution in [0.4, 0.5) is 0 Å². The minimum absolute atomic E-state index is 0.00604. The van der Waals surface area contributed by atoms with E-state index in [1.165, 1.54) is 23.1 Å². The minimum Gasteiger partial charge on any atom is -0.393 e. The molecule has 3 fully saturated rings. The number of thioether (sulfide) groups is 1. The summed E-state index contributed by atoms with van der Waals surface area (Å²) in [6.07, 6.45) is 8.06. The van der Waals surface area contributed by atoms with Gasteiger partial charge in [-0.25, -0.2) is 4.98 Å². The minimum atomic E-state index is -1.45. The molecule has 6 rings (SSSR count). The molecule has 7 atom stereocenters. The molecule has 0 amide bonds. The number of carbonyl (C=O) groups is 2. The molecule has 37 heavy (non-hydrogen) atoms. The summed E-state index contributed by atoms with van der Waals surface area (Å²) in [5.41, 5.74) is 0.582. The average Bonchev–Trinajstić information content (AvgIpc) is 3.46. The number of rotatable bonds is 5. The first kappa shape index (κ1) is 25.2. The number of aliphatic hydroxyl groups excluding tert-OH is 1. The van der Waals surface area contributed by atoms with E-state index in [0.29, 0.717) is 12.8 Å². The van der Waals surface area contributed by atoms with Crippen molar-refractivity contribution in [2.45, 2.75) is 62.0 Å². The summed E-state index contributed by atoms with van der Waals surface area (Å²) in [6, 6.07) is 9.97. The first-order valence-corrected chi connectivity index (χ1v) is 15.0. The van der Waals surface area contributed by atoms with E-state index >= 15 is 0 Å². The molecule has 2 aromatic rings. The van der Waals surface area contributed by atoms with Crippen LogP contribution >= 0.6 is 23.1 Å². The second kappa shape index (κ2) is 9.01. The molecule has 1 aromatic heterocycles. The summed E-state index contributed by atoms with van der Waals surface area (Å²) < 4.78 is 0.817. The number of benzene rings is 1. The summed E-state index contributed by atoms with van der Waals surface area (Å²) in [6.45, 7) is 4.17. The van der Waals surface area contributed by atoms with E-state index in [2.05, 4.69) is 11.9 Å². The van der Waals surface area contributed by atoms with Gasteiger partial charge in [-0.3, -0.25) is 9.59 Å². The van der Waals surface area contributed by atoms with Crippen molar-refractivity contribution in [2.24, 2.45) is 28.6 Å². The molecule has 0 spiro atoms. The second-order valence-corrected chi connectivity index (χ2v) is 13.8. The molecule has 1 aromatic carbocycles. The van der Waals surface area contributed by atoms with E-state index in [0.717, 1.165) is 40.4 Å². The standard InChI is InChI=1S/C30H33NO4S2/c1-28-12-10-20(32)14-19(28)8-9-21-22-11-13-30(35,29(22,2)15-24(33)26(21)28)25(34)17-37-27-31-23(16-36-27)18-6-4-3-5-7-18/h3-7,10,12,14,16,21-22,24,26,33,35H,8-9,11,13,15,17H2,1-2H3/t21?,22?,24?,26?,28?,29?,30-/m0/s1. The highest BCUT2D eigenvalue weighted by Gasteiger charge is 2.67. The Bertz CT molecular complexity index is 1300. The van der Waals surface area contributed by atoms with Crippen LogP contribution in [-0.2, 0) is 9.59 Å². The molecule has 6 unspecified atom stereocenters. The van der Waals surface area contributed by atoms with E-state index < -0.39 is 17.1 Å². The Hall–Kier alpha value is -2.06. The highest BCUT2D eigenvalue weighted by atomic mass is 32.2. The zero-order chi connectivity index (χ0) is 26.0. The second-order valence-electron chi connectivity index (χ2n) is 11.7. The first-order valence-electron chi connectivity index (χ1n) is 13.2. The molecule has 0 aliphatic heterocycles. The molecule has 5 nitrogen and oxygen atoms in total. The zero-order valence-corrected chi connectivity index (χ0v) is 22.9. The number of ketones is 2. The number of allylic oxidation sites excluding steroid dienone is 4. The van der Waals surface area contributed by atoms with Crippen molar-refractivity contribution in [1.29, 1.82) is 0 Å². The van der Waals surface area contributed by atoms with Gasteiger partial charge in [0.2, 0.25) is 0 Å². The molecule has 0 bridgehead atoms. The number of carbonyl (C=O) groups excluding carboxylic acids is 2. The maximum atomic E-state index is 13.6. The summed E-state index contributed by atoms with van der Waals surface area (Å²) in [5.74, 6) is 0.393. The monoisotopic (exact) mass is 535 g/mol. The highest BCUT2D eigenvalue weighted by Crippen LogP contribution is 2.67. The fraction of sp³-hybridized carbons (Fsp3) is 0.500. The number of nitrogens with zero attached hydrogens (tertiary/aromatic N) is 1. The number of hydrogen-bond acceptors (Lipinski definition) is 7. The zero-order valence-electron chi connectivity index (χ0n) is 21.2. The summed E-state index contributed by atoms with van der Waals surface area (Å²) >= 11 is 2.91. The van der Waals surface area contributed by atoms with Gasteiger partial charge in [0.1, 0.15) is 5.60 Å². The van der Waals surface area contributed by atoms with Gasteiger partial charge in [-0.15, -0.1) is 11.3 Å². The van der Waals surface area contributed by atoms with Crippen LogP contribution < -0.4 is 0 Å². The third-order valence-corrected chi connectivity index (χ3v) is 12.0. The third-order valence-electron chi connectivity index (χ3n) is 9.99. The molecular formula is C30H33NO4S2. The average molecular weight is 536 g/mol. The molecule has 0 saturated heterocycles. The number of fused-ring (bicyclic) bond motifs is 5. The molecule has 4 aliphatic rings. The number of aliphatic hydroxyl groups is 2. The first-order chi connectivity index (χ1) is 17.7. The van der Waals surface area contributed by atoms with Gasteiger partial charge in [0, 0.05) is 27.7 Å². The summed E-state index contributed by atoms with van der Waals surface area (Å²) in [7, 11) is 0. The van der Waals surface area contributed by atoms with Crippen molar-refractivity contribution in [2.75, 3.05) is 5.75 Å². The molecular weight excluding hydrogens is 502 g/mol. The lowest BCUT2D eigenvalue weighted by atomic mass is 9.46. The van der Waals surface area contributed by atoms with Gasteiger partial charge in [-0.2, -0.15) is 0 Å². The summed E-state index contributed by atoms with van der Waals surface area (Å²) in [4.78, 5) is 30.4. The van der Waals surface area contributed by atoms with Gasteiger partial charge in [-0.05, 0) is 56.1 Å². The van der Waals surface area contributed by atoms with Crippen LogP contribution in [-0.4, -0.2) is 44.2 Å². The third kappa shape index (κ3) is 3.84. The van der Waals surface area contributed by atoms with E-state index in [-0.39, 0.29) is 40.5 Å². The number of hydrogen-bond donors (Lipinski definition) is 2. The Kier molecular flexibility index (Phi) is 6.14. The van der Waals surface area contributed by atoms with E-state index in [9.17, 15) is 19.8 Å². The maximum Gasteiger partial charge on any atom is 0.178 e. The Morgan fingerprint density at radius 2 is 2.00 bits per heavy atom. The molecule has 3 saturated carbocycles. The Labute approximate surface area is 226 Å². The van der Waals surface area contributed by atoms with Crippen molar-refractivity contribution in [3.63, 3.8) is 0 Å². The van der Waals surface area contributed by atoms with Gasteiger partial charge in [0.15, 0.2) is 15.9 Å². The van der Waals surface area contributed by atoms with Gasteiger partial charge in [-0.1, -0.05) is 67.6 Å². The molecule has 1 heterocycles. The van der Waals surface area contributed by atoms with Gasteiger partial charge in [0.05, 0.1) is 17.6 Å². The maximum absolute atomic E-state index is 13.6. The summed E-state index contributed by atoms with van der Waals surface area (Å²) in [5, 5.41) is 25.5. The van der Waals surface area contributed by atoms with E-state index in [1.807, 2.05) is 48.7 Å². The lowest BCUT2D eigenvalue weighted by molar-refractivity contribution is -0.174. The smallest absolute Gasteiger partial charge is 0.178 e. The van der Waals surface area contributed by atoms with Crippen molar-refractivity contribution in [3.05, 3.63) is 59.5 Å². The lowest BCUT2D eigenvalue weighted by Crippen LogP contribution is -2.61. The normalized spacial score (nSPS) is 38.5. The molecule has 2 N–H and O–H groups in total. The van der Waals surface area contributed by atoms with Crippen LogP contribution in [0.2, 0.25) is 0 Å². The van der Waals surface area contributed by atoms with E-state index in [1.54, 1.807) is 12.2 Å². The van der Waals surface area contributed by atoms with Crippen LogP contribution in [0.3, 0.4) is 0 Å². The van der Waals surface area contributed by atoms with Crippen LogP contribution in [0.25, 0.3) is 11.3 Å². The number of thiazole rings is 1. The van der Waals surface area contributed by atoms with Gasteiger partial charge in [0.25, 0.3) is 0 Å².